The van der Waals surface area contributed by atoms with E-state index in [4.69, 9.17) is 4.74 Å². The van der Waals surface area contributed by atoms with Crippen LogP contribution in [0.5, 0.6) is 0 Å². The Kier molecular flexibility index (Phi) is 6.30. The van der Waals surface area contributed by atoms with Gasteiger partial charge < -0.3 is 15.4 Å². The fourth-order valence-electron chi connectivity index (χ4n) is 1.97. The number of carbonyl (C=O) groups is 3. The van der Waals surface area contributed by atoms with Crippen molar-refractivity contribution in [2.75, 3.05) is 5.32 Å². The van der Waals surface area contributed by atoms with Crippen LogP contribution in [0, 0.1) is 0 Å². The van der Waals surface area contributed by atoms with Gasteiger partial charge in [-0.2, -0.15) is 0 Å². The maximum Gasteiger partial charge on any atom is 0.338 e. The molecular formula is C18H20N2O4S. The summed E-state index contributed by atoms with van der Waals surface area (Å²) < 4.78 is 5.14. The molecule has 0 saturated heterocycles. The second-order valence-electron chi connectivity index (χ2n) is 5.72. The average molecular weight is 360 g/mol. The molecule has 25 heavy (non-hydrogen) atoms. The fraction of sp³-hybridized carbons (Fsp3) is 0.278. The summed E-state index contributed by atoms with van der Waals surface area (Å²) in [6, 6.07) is 9.81. The van der Waals surface area contributed by atoms with Gasteiger partial charge in [0, 0.05) is 11.7 Å². The largest absolute Gasteiger partial charge is 0.449 e. The van der Waals surface area contributed by atoms with Crippen LogP contribution in [0.15, 0.2) is 41.8 Å². The Morgan fingerprint density at radius 2 is 1.72 bits per heavy atom. The van der Waals surface area contributed by atoms with Gasteiger partial charge in [-0.25, -0.2) is 4.79 Å². The summed E-state index contributed by atoms with van der Waals surface area (Å²) in [5, 5.41) is 7.25. The Morgan fingerprint density at radius 1 is 1.04 bits per heavy atom. The quantitative estimate of drug-likeness (QED) is 0.776. The molecule has 2 aromatic rings. The van der Waals surface area contributed by atoms with E-state index in [2.05, 4.69) is 10.6 Å². The number of hydrogen-bond acceptors (Lipinski definition) is 5. The van der Waals surface area contributed by atoms with Crippen molar-refractivity contribution in [2.24, 2.45) is 0 Å². The third kappa shape index (κ3) is 5.42. The predicted molar refractivity (Wildman–Crippen MR) is 96.9 cm³/mol. The second-order valence-corrected chi connectivity index (χ2v) is 6.67. The summed E-state index contributed by atoms with van der Waals surface area (Å²) in [6.07, 6.45) is -0.881. The van der Waals surface area contributed by atoms with Gasteiger partial charge in [0.15, 0.2) is 6.10 Å². The first-order valence-electron chi connectivity index (χ1n) is 7.83. The van der Waals surface area contributed by atoms with Crippen LogP contribution in [0.1, 0.15) is 40.8 Å². The first-order chi connectivity index (χ1) is 11.9. The fourth-order valence-corrected chi connectivity index (χ4v) is 2.59. The number of anilines is 1. The van der Waals surface area contributed by atoms with Crippen LogP contribution in [0.2, 0.25) is 0 Å². The Morgan fingerprint density at radius 3 is 2.28 bits per heavy atom. The number of esters is 1. The molecule has 2 rings (SSSR count). The van der Waals surface area contributed by atoms with Crippen molar-refractivity contribution < 1.29 is 19.1 Å². The lowest BCUT2D eigenvalue weighted by atomic mass is 10.2. The molecule has 1 aromatic heterocycles. The minimum atomic E-state index is -0.881. The molecule has 0 spiro atoms. The molecule has 0 aliphatic heterocycles. The molecule has 6 nitrogen and oxygen atoms in total. The molecule has 1 atom stereocenters. The highest BCUT2D eigenvalue weighted by Gasteiger charge is 2.19. The van der Waals surface area contributed by atoms with Gasteiger partial charge in [-0.05, 0) is 56.5 Å². The van der Waals surface area contributed by atoms with Crippen molar-refractivity contribution in [3.63, 3.8) is 0 Å². The highest BCUT2D eigenvalue weighted by Crippen LogP contribution is 2.15. The third-order valence-corrected chi connectivity index (χ3v) is 4.08. The normalized spacial score (nSPS) is 11.7. The van der Waals surface area contributed by atoms with E-state index < -0.39 is 12.1 Å². The van der Waals surface area contributed by atoms with E-state index in [1.807, 2.05) is 19.2 Å². The Hall–Kier alpha value is -2.67. The van der Waals surface area contributed by atoms with Crippen molar-refractivity contribution in [1.29, 1.82) is 0 Å². The number of nitrogens with one attached hydrogen (secondary N) is 2. The van der Waals surface area contributed by atoms with Crippen molar-refractivity contribution in [2.45, 2.75) is 32.9 Å². The van der Waals surface area contributed by atoms with Crippen molar-refractivity contribution in [3.05, 3.63) is 52.2 Å². The van der Waals surface area contributed by atoms with E-state index in [9.17, 15) is 14.4 Å². The van der Waals surface area contributed by atoms with Gasteiger partial charge in [-0.3, -0.25) is 9.59 Å². The lowest BCUT2D eigenvalue weighted by molar-refractivity contribution is -0.129. The maximum absolute atomic E-state index is 12.1. The molecule has 2 amide bonds. The summed E-state index contributed by atoms with van der Waals surface area (Å²) in [5.74, 6) is -1.14. The van der Waals surface area contributed by atoms with Crippen LogP contribution in [0.3, 0.4) is 0 Å². The SMILES string of the molecule is CC(C)NC(=O)[C@@H](C)OC(=O)c1ccc(NC(=O)c2cccs2)cc1. The second kappa shape index (κ2) is 8.43. The summed E-state index contributed by atoms with van der Waals surface area (Å²) in [6.45, 7) is 5.18. The molecule has 0 bridgehead atoms. The maximum atomic E-state index is 12.1. The van der Waals surface area contributed by atoms with E-state index in [-0.39, 0.29) is 17.9 Å². The highest BCUT2D eigenvalue weighted by molar-refractivity contribution is 7.12. The molecule has 0 unspecified atom stereocenters. The molecule has 0 saturated carbocycles. The number of hydrogen-bond donors (Lipinski definition) is 2. The molecule has 1 heterocycles. The third-order valence-electron chi connectivity index (χ3n) is 3.21. The summed E-state index contributed by atoms with van der Waals surface area (Å²) in [5.41, 5.74) is 0.874. The molecule has 1 aromatic carbocycles. The van der Waals surface area contributed by atoms with Crippen LogP contribution in [0.4, 0.5) is 5.69 Å². The molecule has 2 N–H and O–H groups in total. The minimum absolute atomic E-state index is 0.0279. The van der Waals surface area contributed by atoms with Gasteiger partial charge in [-0.15, -0.1) is 11.3 Å². The standard InChI is InChI=1S/C18H20N2O4S/c1-11(2)19-16(21)12(3)24-18(23)13-6-8-14(9-7-13)20-17(22)15-5-4-10-25-15/h4-12H,1-3H3,(H,19,21)(H,20,22)/t12-/m1/s1. The topological polar surface area (TPSA) is 84.5 Å². The van der Waals surface area contributed by atoms with Gasteiger partial charge in [0.2, 0.25) is 0 Å². The first kappa shape index (κ1) is 18.7. The van der Waals surface area contributed by atoms with Crippen LogP contribution in [-0.4, -0.2) is 29.9 Å². The van der Waals surface area contributed by atoms with E-state index in [1.165, 1.54) is 18.3 Å². The molecule has 0 aliphatic carbocycles. The number of benzene rings is 1. The average Bonchev–Trinajstić information content (AvgIpc) is 3.09. The van der Waals surface area contributed by atoms with Crippen LogP contribution < -0.4 is 10.6 Å². The minimum Gasteiger partial charge on any atom is -0.449 e. The van der Waals surface area contributed by atoms with E-state index >= 15 is 0 Å². The van der Waals surface area contributed by atoms with Crippen LogP contribution in [-0.2, 0) is 9.53 Å². The molecule has 132 valence electrons. The number of amides is 2. The lowest BCUT2D eigenvalue weighted by Gasteiger charge is -2.15. The van der Waals surface area contributed by atoms with Gasteiger partial charge >= 0.3 is 5.97 Å². The predicted octanol–water partition coefficient (Wildman–Crippen LogP) is 3.07. The van der Waals surface area contributed by atoms with E-state index in [0.717, 1.165) is 0 Å². The van der Waals surface area contributed by atoms with Gasteiger partial charge in [0.1, 0.15) is 0 Å². The molecule has 0 radical (unpaired) electrons. The monoisotopic (exact) mass is 360 g/mol. The summed E-state index contributed by atoms with van der Waals surface area (Å²) >= 11 is 1.35. The van der Waals surface area contributed by atoms with Crippen LogP contribution >= 0.6 is 11.3 Å². The molecule has 0 fully saturated rings. The van der Waals surface area contributed by atoms with E-state index in [0.29, 0.717) is 16.1 Å². The Bertz CT molecular complexity index is 739. The van der Waals surface area contributed by atoms with Crippen molar-refractivity contribution >= 4 is 34.8 Å². The van der Waals surface area contributed by atoms with Gasteiger partial charge in [0.05, 0.1) is 10.4 Å². The smallest absolute Gasteiger partial charge is 0.338 e. The number of rotatable bonds is 6. The van der Waals surface area contributed by atoms with Gasteiger partial charge in [-0.1, -0.05) is 6.07 Å². The zero-order valence-electron chi connectivity index (χ0n) is 14.2. The number of carbonyl (C=O) groups excluding carboxylic acids is 3. The molecular weight excluding hydrogens is 340 g/mol. The van der Waals surface area contributed by atoms with E-state index in [1.54, 1.807) is 36.4 Å². The zero-order valence-corrected chi connectivity index (χ0v) is 15.1. The highest BCUT2D eigenvalue weighted by atomic mass is 32.1. The van der Waals surface area contributed by atoms with Crippen LogP contribution in [0.25, 0.3) is 0 Å². The van der Waals surface area contributed by atoms with Crippen molar-refractivity contribution in [1.82, 2.24) is 5.32 Å². The van der Waals surface area contributed by atoms with Gasteiger partial charge in [0.25, 0.3) is 11.8 Å². The first-order valence-corrected chi connectivity index (χ1v) is 8.71. The lowest BCUT2D eigenvalue weighted by Crippen LogP contribution is -2.39. The molecule has 7 heteroatoms. The Labute approximate surface area is 150 Å². The van der Waals surface area contributed by atoms with Crippen molar-refractivity contribution in [3.8, 4) is 0 Å². The molecule has 0 aliphatic rings. The number of thiophene rings is 1. The number of ether oxygens (including phenoxy) is 1. The summed E-state index contributed by atoms with van der Waals surface area (Å²) in [7, 11) is 0. The summed E-state index contributed by atoms with van der Waals surface area (Å²) in [4.78, 5) is 36.4. The zero-order chi connectivity index (χ0) is 18.4. The Balaban J connectivity index is 1.93.